The summed E-state index contributed by atoms with van der Waals surface area (Å²) >= 11 is 18.0. The van der Waals surface area contributed by atoms with E-state index in [0.717, 1.165) is 5.56 Å². The Morgan fingerprint density at radius 3 is 2.00 bits per heavy atom. The third kappa shape index (κ3) is 3.76. The first-order valence-electron chi connectivity index (χ1n) is 7.66. The molecule has 0 unspecified atom stereocenters. The Kier molecular flexibility index (Phi) is 4.96. The minimum atomic E-state index is -1.10. The SMILES string of the molecule is Cc1ccc(Cl)cc1NC(=O)C1(C(=O)Nc2cc(Cl)ccc2Cl)CC1. The molecule has 0 spiro atoms. The van der Waals surface area contributed by atoms with Crippen molar-refractivity contribution in [1.82, 2.24) is 0 Å². The summed E-state index contributed by atoms with van der Waals surface area (Å²) in [5, 5.41) is 6.83. The summed E-state index contributed by atoms with van der Waals surface area (Å²) in [5.41, 5.74) is 0.752. The van der Waals surface area contributed by atoms with Crippen molar-refractivity contribution in [3.63, 3.8) is 0 Å². The molecular weight excluding hydrogens is 383 g/mol. The Morgan fingerprint density at radius 1 is 0.880 bits per heavy atom. The largest absolute Gasteiger partial charge is 0.325 e. The number of rotatable bonds is 4. The van der Waals surface area contributed by atoms with E-state index >= 15 is 0 Å². The molecule has 1 saturated carbocycles. The average molecular weight is 398 g/mol. The van der Waals surface area contributed by atoms with Crippen molar-refractivity contribution in [3.05, 3.63) is 57.0 Å². The fourth-order valence-corrected chi connectivity index (χ4v) is 3.00. The Bertz CT molecular complexity index is 796. The van der Waals surface area contributed by atoms with Crippen molar-refractivity contribution >= 4 is 58.0 Å². The molecule has 3 rings (SSSR count). The van der Waals surface area contributed by atoms with Crippen LogP contribution in [0.4, 0.5) is 11.4 Å². The maximum absolute atomic E-state index is 12.7. The normalized spacial score (nSPS) is 14.7. The van der Waals surface area contributed by atoms with Crippen LogP contribution in [-0.4, -0.2) is 11.8 Å². The van der Waals surface area contributed by atoms with Gasteiger partial charge in [0.05, 0.1) is 10.7 Å². The minimum absolute atomic E-state index is 0.353. The second kappa shape index (κ2) is 6.87. The van der Waals surface area contributed by atoms with Gasteiger partial charge in [-0.15, -0.1) is 0 Å². The molecule has 0 aromatic heterocycles. The van der Waals surface area contributed by atoms with Gasteiger partial charge in [-0.1, -0.05) is 40.9 Å². The van der Waals surface area contributed by atoms with Crippen molar-refractivity contribution in [2.45, 2.75) is 19.8 Å². The van der Waals surface area contributed by atoms with Crippen LogP contribution in [0.1, 0.15) is 18.4 Å². The van der Waals surface area contributed by atoms with Gasteiger partial charge < -0.3 is 10.6 Å². The zero-order valence-corrected chi connectivity index (χ0v) is 15.6. The zero-order valence-electron chi connectivity index (χ0n) is 13.3. The highest BCUT2D eigenvalue weighted by Gasteiger charge is 2.56. The van der Waals surface area contributed by atoms with Gasteiger partial charge in [0.25, 0.3) is 0 Å². The van der Waals surface area contributed by atoms with E-state index in [4.69, 9.17) is 34.8 Å². The molecule has 25 heavy (non-hydrogen) atoms. The van der Waals surface area contributed by atoms with E-state index < -0.39 is 11.3 Å². The fourth-order valence-electron chi connectivity index (χ4n) is 2.49. The maximum Gasteiger partial charge on any atom is 0.240 e. The van der Waals surface area contributed by atoms with Crippen LogP contribution in [0.3, 0.4) is 0 Å². The molecule has 2 amide bonds. The quantitative estimate of drug-likeness (QED) is 0.687. The predicted octanol–water partition coefficient (Wildman–Crippen LogP) is 5.31. The summed E-state index contributed by atoms with van der Waals surface area (Å²) in [6, 6.07) is 9.99. The molecule has 1 aliphatic carbocycles. The van der Waals surface area contributed by atoms with Crippen molar-refractivity contribution in [3.8, 4) is 0 Å². The first-order valence-corrected chi connectivity index (χ1v) is 8.79. The van der Waals surface area contributed by atoms with Crippen molar-refractivity contribution in [1.29, 1.82) is 0 Å². The lowest BCUT2D eigenvalue weighted by Crippen LogP contribution is -2.35. The summed E-state index contributed by atoms with van der Waals surface area (Å²) in [4.78, 5) is 25.3. The van der Waals surface area contributed by atoms with Gasteiger partial charge in [-0.05, 0) is 55.7 Å². The molecule has 0 radical (unpaired) electrons. The first kappa shape index (κ1) is 18.1. The Morgan fingerprint density at radius 2 is 1.40 bits per heavy atom. The third-order valence-corrected chi connectivity index (χ3v) is 5.04. The lowest BCUT2D eigenvalue weighted by atomic mass is 10.0. The van der Waals surface area contributed by atoms with Crippen LogP contribution in [0.25, 0.3) is 0 Å². The van der Waals surface area contributed by atoms with E-state index in [0.29, 0.717) is 39.3 Å². The predicted molar refractivity (Wildman–Crippen MR) is 102 cm³/mol. The first-order chi connectivity index (χ1) is 11.8. The molecule has 0 heterocycles. The molecule has 0 aliphatic heterocycles. The van der Waals surface area contributed by atoms with Crippen LogP contribution in [0, 0.1) is 12.3 Å². The molecule has 0 saturated heterocycles. The molecule has 0 bridgehead atoms. The van der Waals surface area contributed by atoms with E-state index in [-0.39, 0.29) is 5.91 Å². The molecule has 7 heteroatoms. The van der Waals surface area contributed by atoms with Crippen LogP contribution in [0.2, 0.25) is 15.1 Å². The number of halogens is 3. The Balaban J connectivity index is 1.77. The van der Waals surface area contributed by atoms with E-state index in [1.807, 2.05) is 13.0 Å². The van der Waals surface area contributed by atoms with Crippen LogP contribution >= 0.6 is 34.8 Å². The smallest absolute Gasteiger partial charge is 0.240 e. The standard InChI is InChI=1S/C18H15Cl3N2O2/c1-10-2-3-11(19)8-14(10)22-16(24)18(6-7-18)17(25)23-15-9-12(20)4-5-13(15)21/h2-5,8-9H,6-7H2,1H3,(H,22,24)(H,23,25). The number of hydrogen-bond donors (Lipinski definition) is 2. The van der Waals surface area contributed by atoms with Gasteiger partial charge in [-0.25, -0.2) is 0 Å². The second-order valence-corrected chi connectivity index (χ2v) is 7.35. The van der Waals surface area contributed by atoms with Crippen molar-refractivity contribution < 1.29 is 9.59 Å². The molecule has 2 N–H and O–H groups in total. The highest BCUT2D eigenvalue weighted by Crippen LogP contribution is 2.48. The monoisotopic (exact) mass is 396 g/mol. The summed E-state index contributed by atoms with van der Waals surface area (Å²) in [7, 11) is 0. The fraction of sp³-hybridized carbons (Fsp3) is 0.222. The number of benzene rings is 2. The highest BCUT2D eigenvalue weighted by molar-refractivity contribution is 6.36. The lowest BCUT2D eigenvalue weighted by molar-refractivity contribution is -0.131. The van der Waals surface area contributed by atoms with Gasteiger partial charge in [0.1, 0.15) is 5.41 Å². The number of hydrogen-bond acceptors (Lipinski definition) is 2. The number of nitrogens with one attached hydrogen (secondary N) is 2. The molecule has 1 aliphatic rings. The molecule has 1 fully saturated rings. The lowest BCUT2D eigenvalue weighted by Gasteiger charge is -2.17. The van der Waals surface area contributed by atoms with E-state index in [9.17, 15) is 9.59 Å². The van der Waals surface area contributed by atoms with E-state index in [2.05, 4.69) is 10.6 Å². The van der Waals surface area contributed by atoms with Crippen molar-refractivity contribution in [2.75, 3.05) is 10.6 Å². The number of amides is 2. The van der Waals surface area contributed by atoms with Crippen LogP contribution in [-0.2, 0) is 9.59 Å². The highest BCUT2D eigenvalue weighted by atomic mass is 35.5. The third-order valence-electron chi connectivity index (χ3n) is 4.24. The summed E-state index contributed by atoms with van der Waals surface area (Å²) in [6.07, 6.45) is 0.949. The number of anilines is 2. The topological polar surface area (TPSA) is 58.2 Å². The average Bonchev–Trinajstić information content (AvgIpc) is 3.36. The molecule has 130 valence electrons. The number of carbonyl (C=O) groups excluding carboxylic acids is 2. The Labute approximate surface area is 160 Å². The van der Waals surface area contributed by atoms with Gasteiger partial charge in [0.15, 0.2) is 0 Å². The molecule has 0 atom stereocenters. The molecule has 2 aromatic rings. The van der Waals surface area contributed by atoms with Gasteiger partial charge in [-0.3, -0.25) is 9.59 Å². The summed E-state index contributed by atoms with van der Waals surface area (Å²) in [6.45, 7) is 1.86. The van der Waals surface area contributed by atoms with Gasteiger partial charge in [0.2, 0.25) is 11.8 Å². The summed E-state index contributed by atoms with van der Waals surface area (Å²) in [5.74, 6) is -0.748. The molecular formula is C18H15Cl3N2O2. The minimum Gasteiger partial charge on any atom is -0.325 e. The molecule has 4 nitrogen and oxygen atoms in total. The van der Waals surface area contributed by atoms with Gasteiger partial charge in [0, 0.05) is 15.7 Å². The van der Waals surface area contributed by atoms with Crippen LogP contribution in [0.5, 0.6) is 0 Å². The van der Waals surface area contributed by atoms with Gasteiger partial charge in [-0.2, -0.15) is 0 Å². The number of carbonyl (C=O) groups is 2. The van der Waals surface area contributed by atoms with E-state index in [1.165, 1.54) is 0 Å². The van der Waals surface area contributed by atoms with Crippen LogP contribution < -0.4 is 10.6 Å². The van der Waals surface area contributed by atoms with E-state index in [1.54, 1.807) is 30.3 Å². The summed E-state index contributed by atoms with van der Waals surface area (Å²) < 4.78 is 0. The maximum atomic E-state index is 12.7. The van der Waals surface area contributed by atoms with Crippen LogP contribution in [0.15, 0.2) is 36.4 Å². The Hall–Kier alpha value is -1.75. The molecule has 2 aromatic carbocycles. The second-order valence-electron chi connectivity index (χ2n) is 6.07. The van der Waals surface area contributed by atoms with Crippen molar-refractivity contribution in [2.24, 2.45) is 5.41 Å². The zero-order chi connectivity index (χ0) is 18.2. The number of aryl methyl sites for hydroxylation is 1. The van der Waals surface area contributed by atoms with Gasteiger partial charge >= 0.3 is 0 Å².